The summed E-state index contributed by atoms with van der Waals surface area (Å²) in [5.41, 5.74) is 0. The van der Waals surface area contributed by atoms with Crippen LogP contribution in [0.1, 0.15) is 12.8 Å². The van der Waals surface area contributed by atoms with Crippen LogP contribution in [0.4, 0.5) is 0 Å². The van der Waals surface area contributed by atoms with Crippen molar-refractivity contribution in [2.45, 2.75) is 29.1 Å². The van der Waals surface area contributed by atoms with Crippen molar-refractivity contribution in [1.29, 1.82) is 0 Å². The van der Waals surface area contributed by atoms with Crippen LogP contribution in [0.5, 0.6) is 0 Å². The van der Waals surface area contributed by atoms with Gasteiger partial charge in [0, 0.05) is 26.1 Å². The maximum atomic E-state index is 5.83. The van der Waals surface area contributed by atoms with Gasteiger partial charge >= 0.3 is 0 Å². The minimum atomic E-state index is -1.83. The Morgan fingerprint density at radius 2 is 0.789 bits per heavy atom. The molecule has 1 nitrogen and oxygen atoms in total. The Kier molecular flexibility index (Phi) is 9.33. The van der Waals surface area contributed by atoms with Crippen molar-refractivity contribution >= 4 is 116 Å². The van der Waals surface area contributed by atoms with Crippen LogP contribution in [0.25, 0.3) is 0 Å². The summed E-state index contributed by atoms with van der Waals surface area (Å²) in [4.78, 5) is 0. The van der Waals surface area contributed by atoms with Crippen LogP contribution in [-0.2, 0) is 4.74 Å². The number of hydrogen-bond donors (Lipinski definition) is 0. The predicted molar refractivity (Wildman–Crippen MR) is 89.5 cm³/mol. The minimum Gasteiger partial charge on any atom is -0.381 e. The number of halogens is 10. The third-order valence-corrected chi connectivity index (χ3v) is 6.94. The fraction of sp³-hybridized carbons (Fsp3) is 1.00. The van der Waals surface area contributed by atoms with Crippen LogP contribution in [-0.4, -0.2) is 29.5 Å². The van der Waals surface area contributed by atoms with E-state index in [-0.39, 0.29) is 26.1 Å². The zero-order valence-corrected chi connectivity index (χ0v) is 16.6. The maximum Gasteiger partial charge on any atom is 0.223 e. The van der Waals surface area contributed by atoms with Crippen molar-refractivity contribution in [2.24, 2.45) is 0 Å². The van der Waals surface area contributed by atoms with Crippen molar-refractivity contribution < 1.29 is 4.74 Å². The molecule has 0 rings (SSSR count). The molecule has 0 bridgehead atoms. The van der Waals surface area contributed by atoms with Gasteiger partial charge in [-0.25, -0.2) is 0 Å². The molecule has 0 N–H and O–H groups in total. The standard InChI is InChI=1S/C8H8Cl10O/c9-5(10,7(13,14)15)1-3-19-4-2-6(11,12)8(16,17)18/h1-4H2. The first-order chi connectivity index (χ1) is 8.21. The van der Waals surface area contributed by atoms with Gasteiger partial charge in [0.2, 0.25) is 7.59 Å². The van der Waals surface area contributed by atoms with E-state index in [2.05, 4.69) is 0 Å². The van der Waals surface area contributed by atoms with Crippen LogP contribution in [0.15, 0.2) is 0 Å². The number of hydrogen-bond acceptors (Lipinski definition) is 1. The highest BCUT2D eigenvalue weighted by molar-refractivity contribution is 6.76. The summed E-state index contributed by atoms with van der Waals surface area (Å²) >= 11 is 56.8. The van der Waals surface area contributed by atoms with Crippen LogP contribution < -0.4 is 0 Å². The van der Waals surface area contributed by atoms with Gasteiger partial charge in [0.1, 0.15) is 0 Å². The van der Waals surface area contributed by atoms with Crippen molar-refractivity contribution in [2.75, 3.05) is 13.2 Å². The number of alkyl halides is 10. The Hall–Kier alpha value is 2.86. The Labute approximate surface area is 161 Å². The Morgan fingerprint density at radius 1 is 0.526 bits per heavy atom. The molecule has 0 atom stereocenters. The molecule has 0 spiro atoms. The summed E-state index contributed by atoms with van der Waals surface area (Å²) in [5.74, 6) is 0. The summed E-state index contributed by atoms with van der Waals surface area (Å²) < 4.78 is -1.62. The molecule has 0 aromatic rings. The maximum absolute atomic E-state index is 5.83. The highest BCUT2D eigenvalue weighted by atomic mass is 35.6. The molecule has 0 saturated heterocycles. The van der Waals surface area contributed by atoms with Gasteiger partial charge < -0.3 is 4.74 Å². The molecule has 0 saturated carbocycles. The third kappa shape index (κ3) is 7.79. The quantitative estimate of drug-likeness (QED) is 0.301. The summed E-state index contributed by atoms with van der Waals surface area (Å²) in [6, 6.07) is 0. The second kappa shape index (κ2) is 8.11. The van der Waals surface area contributed by atoms with Crippen LogP contribution >= 0.6 is 116 Å². The van der Waals surface area contributed by atoms with Gasteiger partial charge in [0.15, 0.2) is 8.67 Å². The van der Waals surface area contributed by atoms with Crippen LogP contribution in [0.2, 0.25) is 0 Å². The lowest BCUT2D eigenvalue weighted by atomic mass is 10.3. The van der Waals surface area contributed by atoms with Crippen molar-refractivity contribution in [3.63, 3.8) is 0 Å². The van der Waals surface area contributed by atoms with E-state index in [4.69, 9.17) is 121 Å². The van der Waals surface area contributed by atoms with Gasteiger partial charge in [0.05, 0.1) is 0 Å². The largest absolute Gasteiger partial charge is 0.381 e. The van der Waals surface area contributed by atoms with Crippen molar-refractivity contribution in [3.05, 3.63) is 0 Å². The summed E-state index contributed by atoms with van der Waals surface area (Å²) in [7, 11) is 0. The van der Waals surface area contributed by atoms with E-state index in [1.165, 1.54) is 0 Å². The van der Waals surface area contributed by atoms with Crippen LogP contribution in [0.3, 0.4) is 0 Å². The van der Waals surface area contributed by atoms with E-state index >= 15 is 0 Å². The Morgan fingerprint density at radius 3 is 1.00 bits per heavy atom. The van der Waals surface area contributed by atoms with Gasteiger partial charge in [-0.1, -0.05) is 116 Å². The molecule has 0 aliphatic rings. The first kappa shape index (κ1) is 21.9. The average molecular weight is 475 g/mol. The second-order valence-electron chi connectivity index (χ2n) is 3.52. The molecular weight excluding hydrogens is 467 g/mol. The predicted octanol–water partition coefficient (Wildman–Crippen LogP) is 6.87. The van der Waals surface area contributed by atoms with Crippen molar-refractivity contribution in [3.8, 4) is 0 Å². The van der Waals surface area contributed by atoms with Crippen molar-refractivity contribution in [1.82, 2.24) is 0 Å². The first-order valence-corrected chi connectivity index (χ1v) is 8.45. The molecule has 0 unspecified atom stereocenters. The highest BCUT2D eigenvalue weighted by Crippen LogP contribution is 2.49. The van der Waals surface area contributed by atoms with E-state index in [0.29, 0.717) is 0 Å². The minimum absolute atomic E-state index is 0.0813. The van der Waals surface area contributed by atoms with E-state index < -0.39 is 16.3 Å². The van der Waals surface area contributed by atoms with Gasteiger partial charge in [0.25, 0.3) is 0 Å². The molecule has 0 fully saturated rings. The summed E-state index contributed by atoms with van der Waals surface area (Å²) in [6.45, 7) is 0.231. The molecule has 0 aliphatic carbocycles. The fourth-order valence-electron chi connectivity index (χ4n) is 0.786. The molecule has 0 amide bonds. The summed E-state index contributed by atoms with van der Waals surface area (Å²) in [6.07, 6.45) is 0.163. The third-order valence-electron chi connectivity index (χ3n) is 1.95. The van der Waals surface area contributed by atoms with Gasteiger partial charge in [-0.05, 0) is 0 Å². The molecule has 0 aromatic carbocycles. The fourth-order valence-corrected chi connectivity index (χ4v) is 1.66. The topological polar surface area (TPSA) is 9.23 Å². The molecule has 0 aliphatic heterocycles. The summed E-state index contributed by atoms with van der Waals surface area (Å²) in [5, 5.41) is 0. The molecule has 0 heterocycles. The van der Waals surface area contributed by atoms with Gasteiger partial charge in [-0.2, -0.15) is 0 Å². The second-order valence-corrected chi connectivity index (χ2v) is 11.0. The lowest BCUT2D eigenvalue weighted by molar-refractivity contribution is 0.124. The zero-order chi connectivity index (χ0) is 15.5. The van der Waals surface area contributed by atoms with E-state index in [1.54, 1.807) is 0 Å². The van der Waals surface area contributed by atoms with Gasteiger partial charge in [-0.15, -0.1) is 0 Å². The molecule has 19 heavy (non-hydrogen) atoms. The van der Waals surface area contributed by atoms with Gasteiger partial charge in [-0.3, -0.25) is 0 Å². The molecular formula is C8H8Cl10O. The number of ether oxygens (including phenoxy) is 1. The SMILES string of the molecule is ClC(Cl)(Cl)C(Cl)(Cl)CCOCCC(Cl)(Cl)C(Cl)(Cl)Cl. The molecule has 11 heteroatoms. The Bertz CT molecular complexity index is 250. The normalized spacial score (nSPS) is 14.8. The van der Waals surface area contributed by atoms with E-state index in [9.17, 15) is 0 Å². The zero-order valence-electron chi connectivity index (χ0n) is 9.02. The first-order valence-electron chi connectivity index (χ1n) is 4.67. The van der Waals surface area contributed by atoms with E-state index in [1.807, 2.05) is 0 Å². The lowest BCUT2D eigenvalue weighted by Crippen LogP contribution is -2.34. The average Bonchev–Trinajstić information content (AvgIpc) is 2.12. The monoisotopic (exact) mass is 470 g/mol. The molecule has 0 radical (unpaired) electrons. The Balaban J connectivity index is 4.03. The van der Waals surface area contributed by atoms with Crippen LogP contribution in [0, 0.1) is 0 Å². The molecule has 116 valence electrons. The molecule has 0 aromatic heterocycles. The lowest BCUT2D eigenvalue weighted by Gasteiger charge is -2.28. The number of rotatable bonds is 6. The highest BCUT2D eigenvalue weighted by Gasteiger charge is 2.46. The van der Waals surface area contributed by atoms with E-state index in [0.717, 1.165) is 0 Å². The smallest absolute Gasteiger partial charge is 0.223 e.